The Morgan fingerprint density at radius 1 is 1.25 bits per heavy atom. The normalized spacial score (nSPS) is 11.6. The molecule has 3 heteroatoms. The Hall–Kier alpha value is 1.20. The maximum Gasteiger partial charge on any atom is -1.00 e. The van der Waals surface area contributed by atoms with E-state index in [1.165, 1.54) is 0 Å². The van der Waals surface area contributed by atoms with Crippen molar-refractivity contribution in [3.63, 3.8) is 0 Å². The summed E-state index contributed by atoms with van der Waals surface area (Å²) in [4.78, 5) is 0. The van der Waals surface area contributed by atoms with E-state index in [1.807, 2.05) is 21.7 Å². The molecule has 0 aromatic heterocycles. The van der Waals surface area contributed by atoms with E-state index in [0.717, 1.165) is 0 Å². The van der Waals surface area contributed by atoms with Gasteiger partial charge in [0.1, 0.15) is 0 Å². The summed E-state index contributed by atoms with van der Waals surface area (Å²) in [7, 11) is -0.831. The summed E-state index contributed by atoms with van der Waals surface area (Å²) >= 11 is 1.91. The Balaban J connectivity index is 0. The minimum atomic E-state index is -0.831. The molecule has 0 heterocycles. The average molecular weight is 203 g/mol. The van der Waals surface area contributed by atoms with Crippen molar-refractivity contribution in [1.29, 1.82) is 0 Å². The van der Waals surface area contributed by atoms with Gasteiger partial charge in [-0.15, -0.1) is 0 Å². The fourth-order valence-corrected chi connectivity index (χ4v) is 3.18. The zero-order valence-corrected chi connectivity index (χ0v) is 9.74. The van der Waals surface area contributed by atoms with E-state index in [9.17, 15) is 0 Å². The molecule has 0 unspecified atom stereocenters. The monoisotopic (exact) mass is 202 g/mol. The van der Waals surface area contributed by atoms with Crippen LogP contribution < -0.4 is 17.0 Å². The van der Waals surface area contributed by atoms with Crippen molar-refractivity contribution in [3.05, 3.63) is 9.90 Å². The van der Waals surface area contributed by atoms with Crippen LogP contribution in [-0.4, -0.2) is 29.8 Å². The molecule has 0 aliphatic rings. The van der Waals surface area contributed by atoms with E-state index in [-0.39, 0.29) is 17.0 Å². The molecule has 0 saturated heterocycles. The van der Waals surface area contributed by atoms with Crippen molar-refractivity contribution in [1.82, 2.24) is 0 Å². The molecule has 0 nitrogen and oxygen atoms in total. The Bertz CT molecular complexity index is 75.0. The molecule has 0 aromatic rings. The third-order valence-corrected chi connectivity index (χ3v) is 2.56. The summed E-state index contributed by atoms with van der Waals surface area (Å²) in [6.07, 6.45) is 0. The predicted molar refractivity (Wildman–Crippen MR) is 38.2 cm³/mol. The topological polar surface area (TPSA) is 0 Å². The molecule has 0 rings (SSSR count). The molecule has 0 aliphatic carbocycles. The zero-order valence-electron chi connectivity index (χ0n) is 5.74. The minimum absolute atomic E-state index is 0. The van der Waals surface area contributed by atoms with Gasteiger partial charge in [0.2, 0.25) is 0 Å². The standard InChI is InChI=1S/C5H11Si.BrH.Mg/c1-5-6(2,3)4;;/h1,5H,2-4H3;1H;/q;;+1/p-1. The maximum atomic E-state index is 2.34. The summed E-state index contributed by atoms with van der Waals surface area (Å²) in [6.45, 7) is 6.99. The van der Waals surface area contributed by atoms with E-state index >= 15 is 0 Å². The third-order valence-electron chi connectivity index (χ3n) is 0.618. The van der Waals surface area contributed by atoms with Crippen LogP contribution in [0.4, 0.5) is 0 Å². The number of halogens is 1. The van der Waals surface area contributed by atoms with Gasteiger partial charge in [-0.2, -0.15) is 0 Å². The Morgan fingerprint density at radius 2 is 1.62 bits per heavy atom. The molecule has 0 bridgehead atoms. The van der Waals surface area contributed by atoms with Gasteiger partial charge in [0, 0.05) is 0 Å². The van der Waals surface area contributed by atoms with Crippen LogP contribution in [0.15, 0.2) is 9.90 Å². The van der Waals surface area contributed by atoms with Crippen molar-refractivity contribution < 1.29 is 17.0 Å². The second-order valence-electron chi connectivity index (χ2n) is 2.77. The van der Waals surface area contributed by atoms with E-state index in [4.69, 9.17) is 0 Å². The SMILES string of the molecule is C[Si](C)(C)C=[CH][Mg+].[Br-]. The average Bonchev–Trinajstić information content (AvgIpc) is 1.30. The van der Waals surface area contributed by atoms with Gasteiger partial charge in [-0.1, -0.05) is 0 Å². The van der Waals surface area contributed by atoms with E-state index in [0.29, 0.717) is 0 Å². The Labute approximate surface area is 76.0 Å². The van der Waals surface area contributed by atoms with Gasteiger partial charge in [-0.3, -0.25) is 0 Å². The molecule has 0 fully saturated rings. The first-order valence-electron chi connectivity index (χ1n) is 2.53. The Morgan fingerprint density at radius 3 is 1.62 bits per heavy atom. The van der Waals surface area contributed by atoms with Crippen molar-refractivity contribution >= 4 is 29.8 Å². The molecule has 0 saturated carbocycles. The van der Waals surface area contributed by atoms with E-state index < -0.39 is 8.07 Å². The van der Waals surface area contributed by atoms with Gasteiger partial charge in [0.25, 0.3) is 0 Å². The summed E-state index contributed by atoms with van der Waals surface area (Å²) < 4.78 is 2.17. The van der Waals surface area contributed by atoms with Crippen molar-refractivity contribution in [3.8, 4) is 0 Å². The van der Waals surface area contributed by atoms with Crippen LogP contribution in [0.1, 0.15) is 0 Å². The quantitative estimate of drug-likeness (QED) is 0.458. The van der Waals surface area contributed by atoms with Crippen LogP contribution in [0, 0.1) is 0 Å². The summed E-state index contributed by atoms with van der Waals surface area (Å²) in [5.74, 6) is 0. The summed E-state index contributed by atoms with van der Waals surface area (Å²) in [5, 5.41) is 0. The van der Waals surface area contributed by atoms with Crippen LogP contribution in [0.2, 0.25) is 19.6 Å². The molecular weight excluding hydrogens is 192 g/mol. The van der Waals surface area contributed by atoms with Gasteiger partial charge in [-0.25, -0.2) is 0 Å². The van der Waals surface area contributed by atoms with Crippen LogP contribution in [0.25, 0.3) is 0 Å². The molecule has 0 radical (unpaired) electrons. The van der Waals surface area contributed by atoms with Crippen LogP contribution in [0.5, 0.6) is 0 Å². The summed E-state index contributed by atoms with van der Waals surface area (Å²) in [6, 6.07) is 0. The largest absolute Gasteiger partial charge is 1.00 e. The van der Waals surface area contributed by atoms with E-state index in [2.05, 4.69) is 29.5 Å². The second kappa shape index (κ2) is 5.03. The number of hydrogen-bond donors (Lipinski definition) is 0. The molecule has 0 atom stereocenters. The molecule has 0 aromatic carbocycles. The number of hydrogen-bond acceptors (Lipinski definition) is 0. The van der Waals surface area contributed by atoms with Gasteiger partial charge in [0.05, 0.1) is 0 Å². The molecule has 0 aliphatic heterocycles. The summed E-state index contributed by atoms with van der Waals surface area (Å²) in [5.41, 5.74) is 2.34. The van der Waals surface area contributed by atoms with Gasteiger partial charge in [-0.05, 0) is 0 Å². The zero-order chi connectivity index (χ0) is 5.91. The first-order chi connectivity index (χ1) is 3.06. The van der Waals surface area contributed by atoms with Crippen LogP contribution in [-0.2, 0) is 0 Å². The van der Waals surface area contributed by atoms with Crippen LogP contribution >= 0.6 is 0 Å². The molecule has 0 N–H and O–H groups in total. The fourth-order valence-electron chi connectivity index (χ4n) is 0.354. The third kappa shape index (κ3) is 10.2. The molecule has 0 amide bonds. The van der Waals surface area contributed by atoms with Crippen molar-refractivity contribution in [2.45, 2.75) is 19.6 Å². The van der Waals surface area contributed by atoms with Gasteiger partial charge < -0.3 is 17.0 Å². The predicted octanol–water partition coefficient (Wildman–Crippen LogP) is -1.45. The van der Waals surface area contributed by atoms with Crippen molar-refractivity contribution in [2.24, 2.45) is 0 Å². The van der Waals surface area contributed by atoms with Gasteiger partial charge in [0.15, 0.2) is 0 Å². The second-order valence-corrected chi connectivity index (χ2v) is 8.31. The number of rotatable bonds is 1. The maximum absolute atomic E-state index is 2.34. The smallest absolute Gasteiger partial charge is 1.00 e. The van der Waals surface area contributed by atoms with Crippen molar-refractivity contribution in [2.75, 3.05) is 0 Å². The molecular formula is C5H11BrMgSi. The first-order valence-corrected chi connectivity index (χ1v) is 6.92. The fraction of sp³-hybridized carbons (Fsp3) is 0.600. The van der Waals surface area contributed by atoms with Crippen LogP contribution in [0.3, 0.4) is 0 Å². The molecule has 0 spiro atoms. The van der Waals surface area contributed by atoms with Gasteiger partial charge >= 0.3 is 59.3 Å². The molecule has 8 heavy (non-hydrogen) atoms. The first kappa shape index (κ1) is 11.9. The molecule has 44 valence electrons. The Kier molecular flexibility index (Phi) is 7.50. The minimum Gasteiger partial charge on any atom is -1.00 e. The van der Waals surface area contributed by atoms with E-state index in [1.54, 1.807) is 0 Å².